The normalized spacial score (nSPS) is 13.2. The molecule has 2 aromatic carbocycles. The zero-order chi connectivity index (χ0) is 17.5. The SMILES string of the molecule is COc1ccc(CNC(=O)[C@@H](C)[NH+](C)Cc2ccccc2F)cc1. The van der Waals surface area contributed by atoms with Gasteiger partial charge >= 0.3 is 0 Å². The number of methoxy groups -OCH3 is 1. The molecule has 0 saturated carbocycles. The first kappa shape index (κ1) is 17.9. The van der Waals surface area contributed by atoms with Crippen LogP contribution in [0.2, 0.25) is 0 Å². The van der Waals surface area contributed by atoms with E-state index in [0.29, 0.717) is 18.7 Å². The fourth-order valence-electron chi connectivity index (χ4n) is 2.40. The molecule has 128 valence electrons. The van der Waals surface area contributed by atoms with Gasteiger partial charge in [0.15, 0.2) is 6.04 Å². The van der Waals surface area contributed by atoms with Crippen molar-refractivity contribution in [3.05, 3.63) is 65.5 Å². The summed E-state index contributed by atoms with van der Waals surface area (Å²) < 4.78 is 18.8. The summed E-state index contributed by atoms with van der Waals surface area (Å²) >= 11 is 0. The largest absolute Gasteiger partial charge is 0.497 e. The molecule has 0 aliphatic carbocycles. The van der Waals surface area contributed by atoms with E-state index in [-0.39, 0.29) is 17.8 Å². The summed E-state index contributed by atoms with van der Waals surface area (Å²) in [4.78, 5) is 13.2. The fourth-order valence-corrected chi connectivity index (χ4v) is 2.40. The van der Waals surface area contributed by atoms with Crippen molar-refractivity contribution >= 4 is 5.91 Å². The summed E-state index contributed by atoms with van der Waals surface area (Å²) in [5, 5.41) is 2.92. The average Bonchev–Trinajstić information content (AvgIpc) is 2.61. The van der Waals surface area contributed by atoms with Gasteiger partial charge in [-0.25, -0.2) is 4.39 Å². The molecule has 0 aliphatic rings. The number of halogens is 1. The highest BCUT2D eigenvalue weighted by molar-refractivity contribution is 5.79. The third-order valence-electron chi connectivity index (χ3n) is 4.19. The topological polar surface area (TPSA) is 42.8 Å². The van der Waals surface area contributed by atoms with Gasteiger partial charge in [0.2, 0.25) is 0 Å². The van der Waals surface area contributed by atoms with Crippen molar-refractivity contribution in [1.82, 2.24) is 5.32 Å². The lowest BCUT2D eigenvalue weighted by molar-refractivity contribution is -0.908. The minimum Gasteiger partial charge on any atom is -0.497 e. The van der Waals surface area contributed by atoms with Gasteiger partial charge < -0.3 is 15.0 Å². The summed E-state index contributed by atoms with van der Waals surface area (Å²) in [6.45, 7) is 2.77. The van der Waals surface area contributed by atoms with Crippen LogP contribution >= 0.6 is 0 Å². The Morgan fingerprint density at radius 3 is 2.50 bits per heavy atom. The van der Waals surface area contributed by atoms with Crippen LogP contribution in [0.15, 0.2) is 48.5 Å². The number of hydrogen-bond donors (Lipinski definition) is 2. The lowest BCUT2D eigenvalue weighted by atomic mass is 10.1. The quantitative estimate of drug-likeness (QED) is 0.808. The minimum atomic E-state index is -0.275. The summed E-state index contributed by atoms with van der Waals surface area (Å²) in [5.41, 5.74) is 1.62. The van der Waals surface area contributed by atoms with Crippen LogP contribution in [0.1, 0.15) is 18.1 Å². The highest BCUT2D eigenvalue weighted by Crippen LogP contribution is 2.10. The van der Waals surface area contributed by atoms with Crippen LogP contribution in [0.3, 0.4) is 0 Å². The summed E-state index contributed by atoms with van der Waals surface area (Å²) in [5.74, 6) is 0.495. The molecule has 0 aromatic heterocycles. The molecule has 0 spiro atoms. The van der Waals surface area contributed by atoms with E-state index in [1.54, 1.807) is 25.3 Å². The number of quaternary nitrogens is 1. The van der Waals surface area contributed by atoms with E-state index < -0.39 is 0 Å². The number of ether oxygens (including phenoxy) is 1. The molecule has 5 heteroatoms. The lowest BCUT2D eigenvalue weighted by Crippen LogP contribution is -3.12. The molecule has 0 fully saturated rings. The molecular formula is C19H24FN2O2+. The molecule has 0 bridgehead atoms. The van der Waals surface area contributed by atoms with Gasteiger partial charge in [-0.05, 0) is 30.7 Å². The van der Waals surface area contributed by atoms with E-state index >= 15 is 0 Å². The zero-order valence-corrected chi connectivity index (χ0v) is 14.3. The first-order chi connectivity index (χ1) is 11.5. The Bertz CT molecular complexity index is 673. The van der Waals surface area contributed by atoms with Crippen molar-refractivity contribution in [3.8, 4) is 5.75 Å². The van der Waals surface area contributed by atoms with Crippen molar-refractivity contribution in [1.29, 1.82) is 0 Å². The number of amides is 1. The van der Waals surface area contributed by atoms with Crippen LogP contribution < -0.4 is 15.0 Å². The lowest BCUT2D eigenvalue weighted by Gasteiger charge is -2.21. The third kappa shape index (κ3) is 4.80. The van der Waals surface area contributed by atoms with Gasteiger partial charge in [-0.2, -0.15) is 0 Å². The smallest absolute Gasteiger partial charge is 0.278 e. The van der Waals surface area contributed by atoms with Crippen molar-refractivity contribution in [3.63, 3.8) is 0 Å². The van der Waals surface area contributed by atoms with E-state index in [0.717, 1.165) is 16.2 Å². The predicted octanol–water partition coefficient (Wildman–Crippen LogP) is 1.55. The van der Waals surface area contributed by atoms with E-state index in [9.17, 15) is 9.18 Å². The Labute approximate surface area is 142 Å². The summed E-state index contributed by atoms with van der Waals surface area (Å²) in [6, 6.07) is 13.9. The van der Waals surface area contributed by atoms with Crippen molar-refractivity contribution < 1.29 is 18.8 Å². The first-order valence-electron chi connectivity index (χ1n) is 7.97. The van der Waals surface area contributed by atoms with Gasteiger partial charge in [0.25, 0.3) is 5.91 Å². The highest BCUT2D eigenvalue weighted by Gasteiger charge is 2.22. The molecule has 4 nitrogen and oxygen atoms in total. The number of rotatable bonds is 7. The Hall–Kier alpha value is -2.40. The minimum absolute atomic E-state index is 0.0559. The first-order valence-corrected chi connectivity index (χ1v) is 7.97. The Kier molecular flexibility index (Phi) is 6.32. The predicted molar refractivity (Wildman–Crippen MR) is 91.3 cm³/mol. The molecule has 0 aliphatic heterocycles. The standard InChI is InChI=1S/C19H23FN2O2/c1-14(22(2)13-16-6-4-5-7-18(16)20)19(23)21-12-15-8-10-17(24-3)11-9-15/h4-11,14H,12-13H2,1-3H3,(H,21,23)/p+1/t14-/m1/s1. The molecule has 2 atom stereocenters. The molecule has 1 amide bonds. The van der Waals surface area contributed by atoms with E-state index in [2.05, 4.69) is 5.32 Å². The van der Waals surface area contributed by atoms with Crippen LogP contribution in [0.5, 0.6) is 5.75 Å². The number of carbonyl (C=O) groups is 1. The number of likely N-dealkylation sites (N-methyl/N-ethyl adjacent to an activating group) is 1. The van der Waals surface area contributed by atoms with Crippen molar-refractivity contribution in [2.24, 2.45) is 0 Å². The molecule has 24 heavy (non-hydrogen) atoms. The summed E-state index contributed by atoms with van der Waals surface area (Å²) in [6.07, 6.45) is 0. The Morgan fingerprint density at radius 1 is 1.21 bits per heavy atom. The van der Waals surface area contributed by atoms with Gasteiger partial charge in [-0.3, -0.25) is 4.79 Å². The Morgan fingerprint density at radius 2 is 1.88 bits per heavy atom. The van der Waals surface area contributed by atoms with Gasteiger partial charge in [0.05, 0.1) is 14.2 Å². The summed E-state index contributed by atoms with van der Waals surface area (Å²) in [7, 11) is 3.51. The molecule has 1 unspecified atom stereocenters. The van der Waals surface area contributed by atoms with Gasteiger partial charge in [-0.15, -0.1) is 0 Å². The van der Waals surface area contributed by atoms with Crippen LogP contribution in [0.25, 0.3) is 0 Å². The van der Waals surface area contributed by atoms with Crippen LogP contribution in [-0.4, -0.2) is 26.1 Å². The second kappa shape index (κ2) is 8.45. The third-order valence-corrected chi connectivity index (χ3v) is 4.19. The van der Waals surface area contributed by atoms with E-state index in [4.69, 9.17) is 4.74 Å². The maximum atomic E-state index is 13.7. The zero-order valence-electron chi connectivity index (χ0n) is 14.3. The molecular weight excluding hydrogens is 307 g/mol. The fraction of sp³-hybridized carbons (Fsp3) is 0.316. The van der Waals surface area contributed by atoms with Crippen LogP contribution in [0.4, 0.5) is 4.39 Å². The molecule has 0 heterocycles. The number of carbonyl (C=O) groups excluding carboxylic acids is 1. The molecule has 2 rings (SSSR count). The average molecular weight is 331 g/mol. The maximum Gasteiger partial charge on any atom is 0.278 e. The molecule has 0 saturated heterocycles. The Balaban J connectivity index is 1.87. The van der Waals surface area contributed by atoms with Crippen molar-refractivity contribution in [2.75, 3.05) is 14.2 Å². The number of benzene rings is 2. The second-order valence-electron chi connectivity index (χ2n) is 5.90. The maximum absolute atomic E-state index is 13.7. The molecule has 2 N–H and O–H groups in total. The van der Waals surface area contributed by atoms with Crippen LogP contribution in [-0.2, 0) is 17.9 Å². The van der Waals surface area contributed by atoms with Crippen LogP contribution in [0, 0.1) is 5.82 Å². The van der Waals surface area contributed by atoms with Gasteiger partial charge in [0, 0.05) is 12.1 Å². The van der Waals surface area contributed by atoms with Crippen molar-refractivity contribution in [2.45, 2.75) is 26.1 Å². The molecule has 2 aromatic rings. The number of nitrogens with one attached hydrogen (secondary N) is 2. The van der Waals surface area contributed by atoms with Gasteiger partial charge in [-0.1, -0.05) is 30.3 Å². The monoisotopic (exact) mass is 331 g/mol. The number of hydrogen-bond acceptors (Lipinski definition) is 2. The second-order valence-corrected chi connectivity index (χ2v) is 5.90. The van der Waals surface area contributed by atoms with E-state index in [1.165, 1.54) is 6.07 Å². The van der Waals surface area contributed by atoms with E-state index in [1.807, 2.05) is 38.2 Å². The highest BCUT2D eigenvalue weighted by atomic mass is 19.1. The van der Waals surface area contributed by atoms with Gasteiger partial charge in [0.1, 0.15) is 18.1 Å². The molecule has 0 radical (unpaired) electrons.